The van der Waals surface area contributed by atoms with Gasteiger partial charge in [-0.3, -0.25) is 0 Å². The smallest absolute Gasteiger partial charge is 0.122 e. The second kappa shape index (κ2) is 5.35. The van der Waals surface area contributed by atoms with Crippen LogP contribution in [-0.4, -0.2) is 19.3 Å². The Bertz CT molecular complexity index is 304. The first-order valence-electron chi connectivity index (χ1n) is 6.08. The van der Waals surface area contributed by atoms with Gasteiger partial charge in [0.2, 0.25) is 0 Å². The first-order chi connectivity index (χ1) is 7.75. The average Bonchev–Trinajstić information content (AvgIpc) is 3.08. The van der Waals surface area contributed by atoms with Gasteiger partial charge in [0.15, 0.2) is 0 Å². The van der Waals surface area contributed by atoms with E-state index in [2.05, 4.69) is 32.0 Å². The van der Waals surface area contributed by atoms with Crippen molar-refractivity contribution in [3.8, 4) is 5.75 Å². The molecule has 88 valence electrons. The molecule has 0 N–H and O–H groups in total. The Morgan fingerprint density at radius 1 is 1.38 bits per heavy atom. The summed E-state index contributed by atoms with van der Waals surface area (Å²) >= 11 is 0. The zero-order chi connectivity index (χ0) is 11.4. The van der Waals surface area contributed by atoms with Gasteiger partial charge in [-0.15, -0.1) is 0 Å². The Labute approximate surface area is 97.6 Å². The fraction of sp³-hybridized carbons (Fsp3) is 0.571. The van der Waals surface area contributed by atoms with Crippen LogP contribution in [0.4, 0.5) is 0 Å². The van der Waals surface area contributed by atoms with Crippen LogP contribution in [0.25, 0.3) is 0 Å². The van der Waals surface area contributed by atoms with E-state index < -0.39 is 0 Å². The van der Waals surface area contributed by atoms with Gasteiger partial charge in [-0.05, 0) is 30.4 Å². The highest BCUT2D eigenvalue weighted by Gasteiger charge is 2.22. The molecule has 0 amide bonds. The molecule has 0 spiro atoms. The largest absolute Gasteiger partial charge is 0.493 e. The van der Waals surface area contributed by atoms with Gasteiger partial charge in [-0.2, -0.15) is 0 Å². The van der Waals surface area contributed by atoms with E-state index in [1.54, 1.807) is 0 Å². The summed E-state index contributed by atoms with van der Waals surface area (Å²) in [6, 6.07) is 8.32. The predicted molar refractivity (Wildman–Crippen MR) is 64.8 cm³/mol. The van der Waals surface area contributed by atoms with Crippen molar-refractivity contribution in [2.45, 2.75) is 32.8 Å². The molecule has 1 atom stereocenters. The minimum absolute atomic E-state index is 0.498. The molecule has 2 rings (SSSR count). The lowest BCUT2D eigenvalue weighted by molar-refractivity contribution is 0.268. The summed E-state index contributed by atoms with van der Waals surface area (Å²) in [5.41, 5.74) is 1.30. The molecule has 1 aromatic carbocycles. The van der Waals surface area contributed by atoms with Crippen molar-refractivity contribution in [3.05, 3.63) is 29.8 Å². The summed E-state index contributed by atoms with van der Waals surface area (Å²) in [6.45, 7) is 6.06. The summed E-state index contributed by atoms with van der Waals surface area (Å²) in [5, 5.41) is 0. The minimum atomic E-state index is 0.498. The molecule has 0 aromatic heterocycles. The average molecular weight is 220 g/mol. The van der Waals surface area contributed by atoms with Crippen molar-refractivity contribution in [1.29, 1.82) is 0 Å². The monoisotopic (exact) mass is 220 g/mol. The Morgan fingerprint density at radius 2 is 2.12 bits per heavy atom. The molecule has 2 nitrogen and oxygen atoms in total. The molecular weight excluding hydrogens is 200 g/mol. The number of para-hydroxylation sites is 1. The van der Waals surface area contributed by atoms with E-state index in [1.165, 1.54) is 5.56 Å². The summed E-state index contributed by atoms with van der Waals surface area (Å²) < 4.78 is 11.0. The molecule has 0 saturated carbocycles. The second-order valence-corrected chi connectivity index (χ2v) is 4.81. The summed E-state index contributed by atoms with van der Waals surface area (Å²) in [6.07, 6.45) is 2.67. The van der Waals surface area contributed by atoms with E-state index in [-0.39, 0.29) is 0 Å². The highest BCUT2D eigenvalue weighted by molar-refractivity contribution is 5.33. The number of ether oxygens (including phenoxy) is 2. The summed E-state index contributed by atoms with van der Waals surface area (Å²) in [4.78, 5) is 0. The van der Waals surface area contributed by atoms with Crippen LogP contribution in [-0.2, 0) is 11.2 Å². The van der Waals surface area contributed by atoms with Crippen LogP contribution in [0.1, 0.15) is 25.8 Å². The van der Waals surface area contributed by atoms with Crippen LogP contribution in [0.3, 0.4) is 0 Å². The zero-order valence-corrected chi connectivity index (χ0v) is 10.1. The third-order valence-electron chi connectivity index (χ3n) is 2.68. The van der Waals surface area contributed by atoms with Crippen LogP contribution in [0.2, 0.25) is 0 Å². The molecule has 16 heavy (non-hydrogen) atoms. The van der Waals surface area contributed by atoms with E-state index in [0.29, 0.717) is 12.0 Å². The van der Waals surface area contributed by atoms with Gasteiger partial charge in [0.25, 0.3) is 0 Å². The predicted octanol–water partition coefficient (Wildman–Crippen LogP) is 3.05. The lowest BCUT2D eigenvalue weighted by Crippen LogP contribution is -2.06. The van der Waals surface area contributed by atoms with Gasteiger partial charge >= 0.3 is 0 Å². The van der Waals surface area contributed by atoms with E-state index in [4.69, 9.17) is 9.47 Å². The SMILES string of the molecule is CC(C)COc1ccccc1CCC1CO1. The van der Waals surface area contributed by atoms with Crippen LogP contribution in [0, 0.1) is 5.92 Å². The van der Waals surface area contributed by atoms with Gasteiger partial charge in [-0.1, -0.05) is 32.0 Å². The summed E-state index contributed by atoms with van der Waals surface area (Å²) in [7, 11) is 0. The topological polar surface area (TPSA) is 21.8 Å². The Balaban J connectivity index is 1.92. The quantitative estimate of drug-likeness (QED) is 0.687. The first kappa shape index (κ1) is 11.5. The number of benzene rings is 1. The summed E-state index contributed by atoms with van der Waals surface area (Å²) in [5.74, 6) is 1.61. The molecule has 1 fully saturated rings. The number of hydrogen-bond acceptors (Lipinski definition) is 2. The van der Waals surface area contributed by atoms with E-state index >= 15 is 0 Å². The van der Waals surface area contributed by atoms with Crippen molar-refractivity contribution < 1.29 is 9.47 Å². The maximum atomic E-state index is 5.81. The van der Waals surface area contributed by atoms with Crippen molar-refractivity contribution in [2.24, 2.45) is 5.92 Å². The van der Waals surface area contributed by atoms with Gasteiger partial charge in [-0.25, -0.2) is 0 Å². The van der Waals surface area contributed by atoms with Crippen molar-refractivity contribution >= 4 is 0 Å². The molecule has 1 saturated heterocycles. The van der Waals surface area contributed by atoms with Crippen LogP contribution in [0.15, 0.2) is 24.3 Å². The number of epoxide rings is 1. The molecule has 1 unspecified atom stereocenters. The Hall–Kier alpha value is -1.02. The Morgan fingerprint density at radius 3 is 2.81 bits per heavy atom. The molecule has 1 aliphatic heterocycles. The molecule has 0 bridgehead atoms. The van der Waals surface area contributed by atoms with E-state index in [0.717, 1.165) is 31.8 Å². The fourth-order valence-electron chi connectivity index (χ4n) is 1.66. The lowest BCUT2D eigenvalue weighted by Gasteiger charge is -2.12. The lowest BCUT2D eigenvalue weighted by atomic mass is 10.1. The zero-order valence-electron chi connectivity index (χ0n) is 10.1. The van der Waals surface area contributed by atoms with Crippen LogP contribution < -0.4 is 4.74 Å². The minimum Gasteiger partial charge on any atom is -0.493 e. The van der Waals surface area contributed by atoms with Gasteiger partial charge in [0, 0.05) is 0 Å². The number of aryl methyl sites for hydroxylation is 1. The standard InChI is InChI=1S/C14H20O2/c1-11(2)9-16-14-6-4-3-5-12(14)7-8-13-10-15-13/h3-6,11,13H,7-10H2,1-2H3. The number of hydrogen-bond donors (Lipinski definition) is 0. The van der Waals surface area contributed by atoms with Gasteiger partial charge < -0.3 is 9.47 Å². The molecular formula is C14H20O2. The Kier molecular flexibility index (Phi) is 3.83. The third kappa shape index (κ3) is 3.53. The van der Waals surface area contributed by atoms with Crippen LogP contribution in [0.5, 0.6) is 5.75 Å². The van der Waals surface area contributed by atoms with Crippen molar-refractivity contribution in [1.82, 2.24) is 0 Å². The van der Waals surface area contributed by atoms with Crippen LogP contribution >= 0.6 is 0 Å². The molecule has 1 heterocycles. The molecule has 0 aliphatic carbocycles. The van der Waals surface area contributed by atoms with Gasteiger partial charge in [0.05, 0.1) is 19.3 Å². The maximum Gasteiger partial charge on any atom is 0.122 e. The highest BCUT2D eigenvalue weighted by Crippen LogP contribution is 2.23. The maximum absolute atomic E-state index is 5.81. The molecule has 0 radical (unpaired) electrons. The first-order valence-corrected chi connectivity index (χ1v) is 6.08. The molecule has 1 aromatic rings. The van der Waals surface area contributed by atoms with Crippen molar-refractivity contribution in [2.75, 3.05) is 13.2 Å². The normalized spacial score (nSPS) is 18.8. The van der Waals surface area contributed by atoms with E-state index in [1.807, 2.05) is 6.07 Å². The van der Waals surface area contributed by atoms with Gasteiger partial charge in [0.1, 0.15) is 5.75 Å². The van der Waals surface area contributed by atoms with Crippen molar-refractivity contribution in [3.63, 3.8) is 0 Å². The molecule has 2 heteroatoms. The second-order valence-electron chi connectivity index (χ2n) is 4.81. The molecule has 1 aliphatic rings. The highest BCUT2D eigenvalue weighted by atomic mass is 16.6. The number of rotatable bonds is 6. The van der Waals surface area contributed by atoms with E-state index in [9.17, 15) is 0 Å². The fourth-order valence-corrected chi connectivity index (χ4v) is 1.66. The third-order valence-corrected chi connectivity index (χ3v) is 2.68.